The number of pyridine rings is 1. The zero-order valence-electron chi connectivity index (χ0n) is 15.4. The molecule has 1 fully saturated rings. The Bertz CT molecular complexity index is 817. The van der Waals surface area contributed by atoms with Crippen LogP contribution in [0.15, 0.2) is 47.5 Å². The van der Waals surface area contributed by atoms with Gasteiger partial charge in [0.25, 0.3) is 0 Å². The molecule has 3 rings (SSSR count). The quantitative estimate of drug-likeness (QED) is 0.743. The third-order valence-corrected chi connectivity index (χ3v) is 6.20. The molecule has 0 saturated carbocycles. The molecule has 0 bridgehead atoms. The van der Waals surface area contributed by atoms with Crippen LogP contribution in [0, 0.1) is 0 Å². The number of nitrogens with zero attached hydrogens (tertiary/aromatic N) is 2. The molecule has 1 aliphatic heterocycles. The van der Waals surface area contributed by atoms with Crippen molar-refractivity contribution in [3.05, 3.63) is 53.7 Å². The van der Waals surface area contributed by atoms with Crippen LogP contribution in [-0.4, -0.2) is 50.6 Å². The fraction of sp³-hybridized carbons (Fsp3) is 0.421. The highest BCUT2D eigenvalue weighted by Crippen LogP contribution is 2.18. The van der Waals surface area contributed by atoms with Gasteiger partial charge in [0.15, 0.2) is 0 Å². The van der Waals surface area contributed by atoms with E-state index in [1.165, 1.54) is 10.5 Å². The van der Waals surface area contributed by atoms with Gasteiger partial charge in [-0.25, -0.2) is 13.4 Å². The van der Waals surface area contributed by atoms with Crippen LogP contribution in [0.5, 0.6) is 0 Å². The lowest BCUT2D eigenvalue weighted by molar-refractivity contribution is 0.0730. The Labute approximate surface area is 160 Å². The van der Waals surface area contributed by atoms with Gasteiger partial charge in [-0.15, -0.1) is 0 Å². The highest BCUT2D eigenvalue weighted by Gasteiger charge is 2.26. The van der Waals surface area contributed by atoms with E-state index in [1.807, 2.05) is 31.2 Å². The molecule has 2 aromatic rings. The van der Waals surface area contributed by atoms with E-state index in [0.717, 1.165) is 11.1 Å². The average molecular weight is 391 g/mol. The number of sulfonamides is 1. The first-order valence-corrected chi connectivity index (χ1v) is 10.5. The Kier molecular flexibility index (Phi) is 6.78. The summed E-state index contributed by atoms with van der Waals surface area (Å²) in [6.07, 6.45) is 1.40. The van der Waals surface area contributed by atoms with Gasteiger partial charge in [0.1, 0.15) is 10.7 Å². The van der Waals surface area contributed by atoms with E-state index in [1.54, 1.807) is 12.1 Å². The van der Waals surface area contributed by atoms with Crippen LogP contribution < -0.4 is 5.32 Å². The van der Waals surface area contributed by atoms with Gasteiger partial charge in [-0.2, -0.15) is 4.31 Å². The van der Waals surface area contributed by atoms with E-state index in [2.05, 4.69) is 10.3 Å². The lowest BCUT2D eigenvalue weighted by atomic mass is 10.1. The topological polar surface area (TPSA) is 80.8 Å². The lowest BCUT2D eigenvalue weighted by Gasteiger charge is -2.25. The van der Waals surface area contributed by atoms with Crippen LogP contribution in [0.2, 0.25) is 0 Å². The largest absolute Gasteiger partial charge is 0.379 e. The van der Waals surface area contributed by atoms with Gasteiger partial charge < -0.3 is 14.8 Å². The summed E-state index contributed by atoms with van der Waals surface area (Å²) >= 11 is 0. The number of benzene rings is 1. The molecule has 0 spiro atoms. The van der Waals surface area contributed by atoms with Crippen molar-refractivity contribution in [2.75, 3.05) is 38.2 Å². The standard InChI is InChI=1S/C19H25N3O4S/c1-2-25-15-17-5-3-16(4-6-17)13-20-19-8-7-18(14-21-19)27(23,24)22-9-11-26-12-10-22/h3-8,14H,2,9-13,15H2,1H3,(H,20,21). The molecule has 0 amide bonds. The summed E-state index contributed by atoms with van der Waals surface area (Å²) in [6, 6.07) is 11.4. The molecule has 1 N–H and O–H groups in total. The lowest BCUT2D eigenvalue weighted by Crippen LogP contribution is -2.40. The first-order valence-electron chi connectivity index (χ1n) is 9.03. The SMILES string of the molecule is CCOCc1ccc(CNc2ccc(S(=O)(=O)N3CCOCC3)cn2)cc1. The Morgan fingerprint density at radius 2 is 1.81 bits per heavy atom. The third-order valence-electron chi connectivity index (χ3n) is 4.31. The maximum Gasteiger partial charge on any atom is 0.244 e. The molecule has 0 atom stereocenters. The molecule has 1 aliphatic rings. The number of nitrogens with one attached hydrogen (secondary N) is 1. The molecule has 1 aromatic carbocycles. The number of hydrogen-bond acceptors (Lipinski definition) is 6. The Morgan fingerprint density at radius 1 is 1.11 bits per heavy atom. The summed E-state index contributed by atoms with van der Waals surface area (Å²) in [5.41, 5.74) is 2.25. The van der Waals surface area contributed by atoms with Crippen LogP contribution in [0.1, 0.15) is 18.1 Å². The molecule has 2 heterocycles. The van der Waals surface area contributed by atoms with Gasteiger partial charge in [-0.05, 0) is 30.2 Å². The maximum atomic E-state index is 12.6. The van der Waals surface area contributed by atoms with Crippen molar-refractivity contribution in [2.45, 2.75) is 25.0 Å². The van der Waals surface area contributed by atoms with Crippen molar-refractivity contribution < 1.29 is 17.9 Å². The van der Waals surface area contributed by atoms with Crippen molar-refractivity contribution in [3.63, 3.8) is 0 Å². The maximum absolute atomic E-state index is 12.6. The van der Waals surface area contributed by atoms with Gasteiger partial charge >= 0.3 is 0 Å². The second-order valence-electron chi connectivity index (χ2n) is 6.20. The molecule has 7 nitrogen and oxygen atoms in total. The number of hydrogen-bond donors (Lipinski definition) is 1. The van der Waals surface area contributed by atoms with Crippen LogP contribution >= 0.6 is 0 Å². The van der Waals surface area contributed by atoms with Crippen LogP contribution in [0.3, 0.4) is 0 Å². The molecule has 1 saturated heterocycles. The van der Waals surface area contributed by atoms with E-state index in [-0.39, 0.29) is 4.90 Å². The van der Waals surface area contributed by atoms with E-state index >= 15 is 0 Å². The van der Waals surface area contributed by atoms with Crippen LogP contribution in [0.4, 0.5) is 5.82 Å². The van der Waals surface area contributed by atoms with Crippen LogP contribution in [-0.2, 0) is 32.6 Å². The normalized spacial score (nSPS) is 15.6. The number of morpholine rings is 1. The molecule has 0 unspecified atom stereocenters. The molecule has 1 aromatic heterocycles. The van der Waals surface area contributed by atoms with Crippen molar-refractivity contribution in [1.82, 2.24) is 9.29 Å². The number of aromatic nitrogens is 1. The van der Waals surface area contributed by atoms with Crippen molar-refractivity contribution in [1.29, 1.82) is 0 Å². The number of ether oxygens (including phenoxy) is 2. The molecule has 8 heteroatoms. The van der Waals surface area contributed by atoms with Gasteiger partial charge in [0.2, 0.25) is 10.0 Å². The van der Waals surface area contributed by atoms with Gasteiger partial charge in [0, 0.05) is 32.4 Å². The second-order valence-corrected chi connectivity index (χ2v) is 8.14. The Balaban J connectivity index is 1.57. The summed E-state index contributed by atoms with van der Waals surface area (Å²) in [5.74, 6) is 0.634. The predicted octanol–water partition coefficient (Wildman–Crippen LogP) is 2.25. The highest BCUT2D eigenvalue weighted by atomic mass is 32.2. The predicted molar refractivity (Wildman–Crippen MR) is 103 cm³/mol. The zero-order valence-corrected chi connectivity index (χ0v) is 16.2. The monoisotopic (exact) mass is 391 g/mol. The molecule has 146 valence electrons. The average Bonchev–Trinajstić information content (AvgIpc) is 2.72. The summed E-state index contributed by atoms with van der Waals surface area (Å²) in [5, 5.41) is 3.21. The fourth-order valence-electron chi connectivity index (χ4n) is 2.74. The van der Waals surface area contributed by atoms with Gasteiger partial charge in [-0.1, -0.05) is 24.3 Å². The summed E-state index contributed by atoms with van der Waals surface area (Å²) in [7, 11) is -3.51. The molecular weight excluding hydrogens is 366 g/mol. The zero-order chi connectivity index (χ0) is 19.1. The first kappa shape index (κ1) is 19.8. The Hall–Kier alpha value is -2.00. The van der Waals surface area contributed by atoms with Gasteiger partial charge in [0.05, 0.1) is 19.8 Å². The van der Waals surface area contributed by atoms with Crippen molar-refractivity contribution in [3.8, 4) is 0 Å². The summed E-state index contributed by atoms with van der Waals surface area (Å²) in [6.45, 7) is 5.51. The van der Waals surface area contributed by atoms with Crippen LogP contribution in [0.25, 0.3) is 0 Å². The molecular formula is C19H25N3O4S. The number of rotatable bonds is 8. The highest BCUT2D eigenvalue weighted by molar-refractivity contribution is 7.89. The summed E-state index contributed by atoms with van der Waals surface area (Å²) < 4.78 is 37.2. The van der Waals surface area contributed by atoms with E-state index in [0.29, 0.717) is 51.9 Å². The van der Waals surface area contributed by atoms with E-state index in [4.69, 9.17) is 9.47 Å². The number of anilines is 1. The second kappa shape index (κ2) is 9.27. The minimum atomic E-state index is -3.51. The smallest absolute Gasteiger partial charge is 0.244 e. The Morgan fingerprint density at radius 3 is 2.44 bits per heavy atom. The fourth-order valence-corrected chi connectivity index (χ4v) is 4.09. The minimum Gasteiger partial charge on any atom is -0.379 e. The molecule has 27 heavy (non-hydrogen) atoms. The van der Waals surface area contributed by atoms with E-state index in [9.17, 15) is 8.42 Å². The summed E-state index contributed by atoms with van der Waals surface area (Å²) in [4.78, 5) is 4.45. The molecule has 0 aliphatic carbocycles. The van der Waals surface area contributed by atoms with E-state index < -0.39 is 10.0 Å². The van der Waals surface area contributed by atoms with Crippen molar-refractivity contribution >= 4 is 15.8 Å². The minimum absolute atomic E-state index is 0.204. The third kappa shape index (κ3) is 5.26. The molecule has 0 radical (unpaired) electrons. The van der Waals surface area contributed by atoms with Crippen molar-refractivity contribution in [2.24, 2.45) is 0 Å². The van der Waals surface area contributed by atoms with Gasteiger partial charge in [-0.3, -0.25) is 0 Å². The first-order chi connectivity index (χ1) is 13.1.